The van der Waals surface area contributed by atoms with Crippen molar-refractivity contribution < 1.29 is 9.18 Å². The zero-order chi connectivity index (χ0) is 20.8. The smallest absolute Gasteiger partial charge is 0.230 e. The molecule has 3 rings (SSSR count). The molecule has 0 aliphatic carbocycles. The number of amides is 1. The highest BCUT2D eigenvalue weighted by Crippen LogP contribution is 2.25. The van der Waals surface area contributed by atoms with Crippen molar-refractivity contribution in [3.63, 3.8) is 0 Å². The average molecular weight is 435 g/mol. The Labute approximate surface area is 182 Å². The summed E-state index contributed by atoms with van der Waals surface area (Å²) >= 11 is 7.15. The monoisotopic (exact) mass is 434 g/mol. The van der Waals surface area contributed by atoms with Crippen molar-refractivity contribution in [2.45, 2.75) is 38.5 Å². The van der Waals surface area contributed by atoms with Crippen molar-refractivity contribution in [3.05, 3.63) is 64.4 Å². The van der Waals surface area contributed by atoms with Crippen LogP contribution in [0.1, 0.15) is 43.9 Å². The molecule has 6 heteroatoms. The van der Waals surface area contributed by atoms with E-state index >= 15 is 0 Å². The van der Waals surface area contributed by atoms with Gasteiger partial charge in [0.05, 0.1) is 11.8 Å². The molecule has 0 saturated carbocycles. The molecule has 0 radical (unpaired) electrons. The second-order valence-electron chi connectivity index (χ2n) is 7.78. The predicted molar refractivity (Wildman–Crippen MR) is 121 cm³/mol. The van der Waals surface area contributed by atoms with E-state index in [2.05, 4.69) is 41.4 Å². The van der Waals surface area contributed by atoms with Gasteiger partial charge in [-0.25, -0.2) is 4.39 Å². The molecule has 1 aliphatic heterocycles. The number of rotatable bonds is 7. The second kappa shape index (κ2) is 10.4. The van der Waals surface area contributed by atoms with Crippen molar-refractivity contribution >= 4 is 35.0 Å². The molecule has 0 unspecified atom stereocenters. The molecule has 1 N–H and O–H groups in total. The van der Waals surface area contributed by atoms with E-state index < -0.39 is 0 Å². The Kier molecular flexibility index (Phi) is 7.84. The van der Waals surface area contributed by atoms with Crippen LogP contribution in [0.2, 0.25) is 5.02 Å². The molecule has 1 amide bonds. The van der Waals surface area contributed by atoms with E-state index in [1.54, 1.807) is 12.1 Å². The van der Waals surface area contributed by atoms with Crippen LogP contribution in [0.4, 0.5) is 10.1 Å². The highest BCUT2D eigenvalue weighted by atomic mass is 35.5. The second-order valence-corrected chi connectivity index (χ2v) is 9.20. The molecule has 2 aromatic rings. The third-order valence-electron chi connectivity index (χ3n) is 5.43. The van der Waals surface area contributed by atoms with Crippen LogP contribution in [-0.4, -0.2) is 24.7 Å². The fourth-order valence-electron chi connectivity index (χ4n) is 3.50. The Morgan fingerprint density at radius 2 is 1.93 bits per heavy atom. The summed E-state index contributed by atoms with van der Waals surface area (Å²) in [5, 5.41) is 3.40. The van der Waals surface area contributed by atoms with Gasteiger partial charge in [0.1, 0.15) is 5.82 Å². The molecular formula is C23H28ClFN2OS. The van der Waals surface area contributed by atoms with Crippen LogP contribution in [0.15, 0.2) is 42.5 Å². The number of carbonyl (C=O) groups is 1. The first kappa shape index (κ1) is 22.0. The maximum absolute atomic E-state index is 13.8. The maximum atomic E-state index is 13.8. The average Bonchev–Trinajstić information content (AvgIpc) is 2.70. The molecule has 1 heterocycles. The molecule has 1 fully saturated rings. The third kappa shape index (κ3) is 6.38. The van der Waals surface area contributed by atoms with E-state index in [9.17, 15) is 9.18 Å². The Morgan fingerprint density at radius 1 is 1.24 bits per heavy atom. The Bertz CT molecular complexity index is 822. The summed E-state index contributed by atoms with van der Waals surface area (Å²) in [6.45, 7) is 6.52. The van der Waals surface area contributed by atoms with Gasteiger partial charge < -0.3 is 10.2 Å². The molecule has 1 atom stereocenters. The lowest BCUT2D eigenvalue weighted by Crippen LogP contribution is -2.32. The number of piperidine rings is 1. The van der Waals surface area contributed by atoms with Crippen LogP contribution in [0, 0.1) is 11.7 Å². The lowest BCUT2D eigenvalue weighted by molar-refractivity contribution is -0.119. The lowest BCUT2D eigenvalue weighted by atomic mass is 9.98. The zero-order valence-electron chi connectivity index (χ0n) is 17.0. The molecule has 156 valence electrons. The maximum Gasteiger partial charge on any atom is 0.230 e. The van der Waals surface area contributed by atoms with Gasteiger partial charge in [-0.1, -0.05) is 36.7 Å². The van der Waals surface area contributed by atoms with E-state index in [1.165, 1.54) is 36.4 Å². The standard InChI is InChI=1S/C23H28ClFN2OS/c1-16-9-11-27(12-10-16)21-7-4-18(5-8-21)17(2)26-23(28)15-29-14-19-3-6-20(24)13-22(19)25/h3-8,13,16-17H,9-12,14-15H2,1-2H3,(H,26,28)/t17-/m0/s1. The molecule has 3 nitrogen and oxygen atoms in total. The van der Waals surface area contributed by atoms with Crippen molar-refractivity contribution in [3.8, 4) is 0 Å². The fourth-order valence-corrected chi connectivity index (χ4v) is 4.48. The van der Waals surface area contributed by atoms with Crippen LogP contribution >= 0.6 is 23.4 Å². The highest BCUT2D eigenvalue weighted by Gasteiger charge is 2.16. The number of hydrogen-bond donors (Lipinski definition) is 1. The minimum atomic E-state index is -0.331. The van der Waals surface area contributed by atoms with Crippen LogP contribution < -0.4 is 10.2 Å². The summed E-state index contributed by atoms with van der Waals surface area (Å²) in [7, 11) is 0. The van der Waals surface area contributed by atoms with Gasteiger partial charge >= 0.3 is 0 Å². The van der Waals surface area contributed by atoms with Crippen molar-refractivity contribution in [2.24, 2.45) is 5.92 Å². The summed E-state index contributed by atoms with van der Waals surface area (Å²) in [5.41, 5.74) is 2.89. The molecule has 0 aromatic heterocycles. The van der Waals surface area contributed by atoms with Gasteiger partial charge in [-0.15, -0.1) is 11.8 Å². The van der Waals surface area contributed by atoms with Gasteiger partial charge in [0.2, 0.25) is 5.91 Å². The normalized spacial score (nSPS) is 15.9. The van der Waals surface area contributed by atoms with Crippen LogP contribution in [0.3, 0.4) is 0 Å². The topological polar surface area (TPSA) is 32.3 Å². The van der Waals surface area contributed by atoms with Crippen LogP contribution in [-0.2, 0) is 10.5 Å². The van der Waals surface area contributed by atoms with E-state index in [0.29, 0.717) is 16.3 Å². The lowest BCUT2D eigenvalue weighted by Gasteiger charge is -2.32. The van der Waals surface area contributed by atoms with Crippen molar-refractivity contribution in [1.82, 2.24) is 5.32 Å². The number of carbonyl (C=O) groups excluding carboxylic acids is 1. The SMILES string of the molecule is CC1CCN(c2ccc([C@H](C)NC(=O)CSCc3ccc(Cl)cc3F)cc2)CC1. The number of nitrogens with zero attached hydrogens (tertiary/aromatic N) is 1. The first-order valence-corrected chi connectivity index (χ1v) is 11.6. The summed E-state index contributed by atoms with van der Waals surface area (Å²) < 4.78 is 13.8. The number of anilines is 1. The van der Waals surface area contributed by atoms with E-state index in [4.69, 9.17) is 11.6 Å². The first-order chi connectivity index (χ1) is 13.9. The Balaban J connectivity index is 1.45. The van der Waals surface area contributed by atoms with E-state index in [-0.39, 0.29) is 23.5 Å². The number of benzene rings is 2. The molecule has 0 bridgehead atoms. The van der Waals surface area contributed by atoms with Gasteiger partial charge in [0.15, 0.2) is 0 Å². The molecule has 29 heavy (non-hydrogen) atoms. The van der Waals surface area contributed by atoms with Crippen molar-refractivity contribution in [1.29, 1.82) is 0 Å². The van der Waals surface area contributed by atoms with Gasteiger partial charge in [0.25, 0.3) is 0 Å². The minimum absolute atomic E-state index is 0.0500. The van der Waals surface area contributed by atoms with Gasteiger partial charge in [-0.3, -0.25) is 4.79 Å². The molecule has 1 saturated heterocycles. The van der Waals surface area contributed by atoms with Crippen molar-refractivity contribution in [2.75, 3.05) is 23.7 Å². The largest absolute Gasteiger partial charge is 0.372 e. The first-order valence-electron chi connectivity index (χ1n) is 10.1. The molecule has 0 spiro atoms. The third-order valence-corrected chi connectivity index (χ3v) is 6.64. The Hall–Kier alpha value is -1.72. The fraction of sp³-hybridized carbons (Fsp3) is 0.435. The Morgan fingerprint density at radius 3 is 2.59 bits per heavy atom. The van der Waals surface area contributed by atoms with Gasteiger partial charge in [-0.2, -0.15) is 0 Å². The number of thioether (sulfide) groups is 1. The summed E-state index contributed by atoms with van der Waals surface area (Å²) in [4.78, 5) is 14.7. The number of nitrogens with one attached hydrogen (secondary N) is 1. The van der Waals surface area contributed by atoms with E-state index in [1.807, 2.05) is 6.92 Å². The zero-order valence-corrected chi connectivity index (χ0v) is 18.5. The van der Waals surface area contributed by atoms with Gasteiger partial charge in [0, 0.05) is 29.6 Å². The van der Waals surface area contributed by atoms with Gasteiger partial charge in [-0.05, 0) is 61.1 Å². The summed E-state index contributed by atoms with van der Waals surface area (Å²) in [5.74, 6) is 1.16. The number of hydrogen-bond acceptors (Lipinski definition) is 3. The van der Waals surface area contributed by atoms with Crippen LogP contribution in [0.25, 0.3) is 0 Å². The highest BCUT2D eigenvalue weighted by molar-refractivity contribution is 7.99. The summed E-state index contributed by atoms with van der Waals surface area (Å²) in [6, 6.07) is 13.0. The quantitative estimate of drug-likeness (QED) is 0.595. The number of halogens is 2. The van der Waals surface area contributed by atoms with E-state index in [0.717, 1.165) is 24.6 Å². The predicted octanol–water partition coefficient (Wildman–Crippen LogP) is 5.83. The minimum Gasteiger partial charge on any atom is -0.372 e. The van der Waals surface area contributed by atoms with Crippen LogP contribution in [0.5, 0.6) is 0 Å². The molecular weight excluding hydrogens is 407 g/mol. The summed E-state index contributed by atoms with van der Waals surface area (Å²) in [6.07, 6.45) is 2.48. The molecule has 2 aromatic carbocycles. The molecule has 1 aliphatic rings.